The van der Waals surface area contributed by atoms with Crippen LogP contribution in [0.1, 0.15) is 24.1 Å². The smallest absolute Gasteiger partial charge is 0.0473 e. The second-order valence-electron chi connectivity index (χ2n) is 5.10. The second-order valence-corrected chi connectivity index (χ2v) is 5.10. The van der Waals surface area contributed by atoms with Crippen molar-refractivity contribution in [2.75, 3.05) is 13.1 Å². The fourth-order valence-electron chi connectivity index (χ4n) is 2.70. The highest BCUT2D eigenvalue weighted by molar-refractivity contribution is 5.17. The summed E-state index contributed by atoms with van der Waals surface area (Å²) in [5.74, 6) is 0. The molecule has 94 valence electrons. The van der Waals surface area contributed by atoms with Gasteiger partial charge in [0.1, 0.15) is 0 Å². The molecular weight excluding hydrogens is 220 g/mol. The molecule has 0 aliphatic carbocycles. The molecule has 1 saturated heterocycles. The maximum atomic E-state index is 2.55. The van der Waals surface area contributed by atoms with Crippen molar-refractivity contribution in [1.29, 1.82) is 0 Å². The van der Waals surface area contributed by atoms with Crippen LogP contribution in [-0.4, -0.2) is 22.6 Å². The van der Waals surface area contributed by atoms with Crippen molar-refractivity contribution in [1.82, 2.24) is 9.47 Å². The number of benzene rings is 1. The van der Waals surface area contributed by atoms with Crippen LogP contribution in [0.4, 0.5) is 0 Å². The van der Waals surface area contributed by atoms with Gasteiger partial charge in [0.25, 0.3) is 0 Å². The Kier molecular flexibility index (Phi) is 3.47. The molecule has 2 nitrogen and oxygen atoms in total. The van der Waals surface area contributed by atoms with Gasteiger partial charge in [0.05, 0.1) is 0 Å². The van der Waals surface area contributed by atoms with Crippen molar-refractivity contribution in [3.05, 3.63) is 59.9 Å². The van der Waals surface area contributed by atoms with E-state index in [1.54, 1.807) is 0 Å². The molecule has 0 atom stereocenters. The van der Waals surface area contributed by atoms with E-state index in [1.807, 2.05) is 0 Å². The summed E-state index contributed by atoms with van der Waals surface area (Å²) in [6.45, 7) is 4.60. The van der Waals surface area contributed by atoms with Gasteiger partial charge in [-0.15, -0.1) is 0 Å². The van der Waals surface area contributed by atoms with E-state index in [9.17, 15) is 0 Å². The van der Waals surface area contributed by atoms with Crippen molar-refractivity contribution in [3.63, 3.8) is 0 Å². The molecule has 0 radical (unpaired) electrons. The van der Waals surface area contributed by atoms with Crippen LogP contribution in [0, 0.1) is 0 Å². The van der Waals surface area contributed by atoms with Crippen LogP contribution in [0.2, 0.25) is 0 Å². The summed E-state index contributed by atoms with van der Waals surface area (Å²) in [6.07, 6.45) is 4.91. The minimum absolute atomic E-state index is 0.983. The predicted molar refractivity (Wildman–Crippen MR) is 74.5 cm³/mol. The molecule has 18 heavy (non-hydrogen) atoms. The van der Waals surface area contributed by atoms with Crippen LogP contribution in [0.15, 0.2) is 48.7 Å². The molecule has 2 heteroatoms. The first-order chi connectivity index (χ1) is 8.92. The summed E-state index contributed by atoms with van der Waals surface area (Å²) < 4.78 is 2.37. The summed E-state index contributed by atoms with van der Waals surface area (Å²) in [5.41, 5.74) is 2.80. The van der Waals surface area contributed by atoms with Gasteiger partial charge in [-0.05, 0) is 43.6 Å². The fraction of sp³-hybridized carbons (Fsp3) is 0.375. The molecule has 1 aromatic carbocycles. The van der Waals surface area contributed by atoms with Crippen molar-refractivity contribution in [2.45, 2.75) is 25.9 Å². The van der Waals surface area contributed by atoms with Gasteiger partial charge >= 0.3 is 0 Å². The first kappa shape index (κ1) is 11.5. The molecule has 0 saturated carbocycles. The van der Waals surface area contributed by atoms with Crippen LogP contribution < -0.4 is 0 Å². The Balaban J connectivity index is 1.71. The molecule has 0 amide bonds. The van der Waals surface area contributed by atoms with Crippen LogP contribution in [0.5, 0.6) is 0 Å². The summed E-state index contributed by atoms with van der Waals surface area (Å²) in [7, 11) is 0. The Morgan fingerprint density at radius 2 is 1.61 bits per heavy atom. The Morgan fingerprint density at radius 1 is 0.833 bits per heavy atom. The minimum atomic E-state index is 0.983. The van der Waals surface area contributed by atoms with Gasteiger partial charge in [0.15, 0.2) is 0 Å². The maximum absolute atomic E-state index is 2.55. The van der Waals surface area contributed by atoms with E-state index in [1.165, 1.54) is 37.2 Å². The molecule has 1 aliphatic rings. The van der Waals surface area contributed by atoms with Crippen molar-refractivity contribution < 1.29 is 0 Å². The van der Waals surface area contributed by atoms with E-state index in [2.05, 4.69) is 58.1 Å². The van der Waals surface area contributed by atoms with E-state index >= 15 is 0 Å². The largest absolute Gasteiger partial charge is 0.346 e. The first-order valence-electron chi connectivity index (χ1n) is 6.82. The molecule has 1 aromatic heterocycles. The zero-order valence-electron chi connectivity index (χ0n) is 10.8. The normalized spacial score (nSPS) is 16.2. The van der Waals surface area contributed by atoms with Crippen molar-refractivity contribution in [2.24, 2.45) is 0 Å². The van der Waals surface area contributed by atoms with Crippen molar-refractivity contribution in [3.8, 4) is 0 Å². The monoisotopic (exact) mass is 240 g/mol. The molecular formula is C16H20N2. The lowest BCUT2D eigenvalue weighted by Crippen LogP contribution is -2.20. The van der Waals surface area contributed by atoms with Crippen LogP contribution in [0.3, 0.4) is 0 Å². The number of hydrogen-bond donors (Lipinski definition) is 0. The molecule has 0 unspecified atom stereocenters. The Hall–Kier alpha value is -1.54. The molecule has 1 aliphatic heterocycles. The number of hydrogen-bond acceptors (Lipinski definition) is 1. The first-order valence-corrected chi connectivity index (χ1v) is 6.82. The fourth-order valence-corrected chi connectivity index (χ4v) is 2.70. The minimum Gasteiger partial charge on any atom is -0.346 e. The van der Waals surface area contributed by atoms with Gasteiger partial charge in [0, 0.05) is 25.0 Å². The van der Waals surface area contributed by atoms with Gasteiger partial charge in [-0.1, -0.05) is 30.3 Å². The summed E-state index contributed by atoms with van der Waals surface area (Å²) >= 11 is 0. The molecule has 3 rings (SSSR count). The second kappa shape index (κ2) is 5.40. The van der Waals surface area contributed by atoms with Gasteiger partial charge < -0.3 is 4.57 Å². The van der Waals surface area contributed by atoms with Gasteiger partial charge in [-0.25, -0.2) is 0 Å². The summed E-state index contributed by atoms with van der Waals surface area (Å²) in [6, 6.07) is 15.1. The van der Waals surface area contributed by atoms with Crippen LogP contribution in [0.25, 0.3) is 0 Å². The molecule has 0 bridgehead atoms. The highest BCUT2D eigenvalue weighted by Gasteiger charge is 2.13. The SMILES string of the molecule is c1ccc(Cn2cccc2CN2CCCC2)cc1. The summed E-state index contributed by atoms with van der Waals surface area (Å²) in [5, 5.41) is 0. The number of rotatable bonds is 4. The van der Waals surface area contributed by atoms with Crippen LogP contribution >= 0.6 is 0 Å². The van der Waals surface area contributed by atoms with Gasteiger partial charge in [0.2, 0.25) is 0 Å². The van der Waals surface area contributed by atoms with Gasteiger partial charge in [-0.3, -0.25) is 4.90 Å². The van der Waals surface area contributed by atoms with E-state index in [-0.39, 0.29) is 0 Å². The zero-order valence-corrected chi connectivity index (χ0v) is 10.8. The number of nitrogens with zero attached hydrogens (tertiary/aromatic N) is 2. The average molecular weight is 240 g/mol. The van der Waals surface area contributed by atoms with E-state index in [0.29, 0.717) is 0 Å². The molecule has 1 fully saturated rings. The van der Waals surface area contributed by atoms with E-state index in [4.69, 9.17) is 0 Å². The average Bonchev–Trinajstić information content (AvgIpc) is 3.04. The quantitative estimate of drug-likeness (QED) is 0.797. The molecule has 0 spiro atoms. The third-order valence-electron chi connectivity index (χ3n) is 3.70. The maximum Gasteiger partial charge on any atom is 0.0473 e. The van der Waals surface area contributed by atoms with Crippen LogP contribution in [-0.2, 0) is 13.1 Å². The number of likely N-dealkylation sites (tertiary alicyclic amines) is 1. The summed E-state index contributed by atoms with van der Waals surface area (Å²) in [4.78, 5) is 2.55. The van der Waals surface area contributed by atoms with E-state index < -0.39 is 0 Å². The predicted octanol–water partition coefficient (Wildman–Crippen LogP) is 3.13. The topological polar surface area (TPSA) is 8.17 Å². The van der Waals surface area contributed by atoms with E-state index in [0.717, 1.165) is 13.1 Å². The highest BCUT2D eigenvalue weighted by atomic mass is 15.2. The third kappa shape index (κ3) is 2.65. The Labute approximate surface area is 109 Å². The lowest BCUT2D eigenvalue weighted by molar-refractivity contribution is 0.322. The molecule has 2 heterocycles. The Morgan fingerprint density at radius 3 is 2.39 bits per heavy atom. The van der Waals surface area contributed by atoms with Gasteiger partial charge in [-0.2, -0.15) is 0 Å². The molecule has 0 N–H and O–H groups in total. The highest BCUT2D eigenvalue weighted by Crippen LogP contribution is 2.14. The Bertz CT molecular complexity index is 481. The molecule has 2 aromatic rings. The third-order valence-corrected chi connectivity index (χ3v) is 3.70. The van der Waals surface area contributed by atoms with Crippen molar-refractivity contribution >= 4 is 0 Å². The zero-order chi connectivity index (χ0) is 12.2. The lowest BCUT2D eigenvalue weighted by atomic mass is 10.2. The standard InChI is InChI=1S/C16H20N2/c1-2-7-15(8-3-1)13-18-12-6-9-16(18)14-17-10-4-5-11-17/h1-3,6-9,12H,4-5,10-11,13-14H2. The number of aromatic nitrogens is 1. The lowest BCUT2D eigenvalue weighted by Gasteiger charge is -2.16.